The number of hydrogen-bond donors (Lipinski definition) is 1. The van der Waals surface area contributed by atoms with Crippen LogP contribution in [0.3, 0.4) is 0 Å². The van der Waals surface area contributed by atoms with Crippen molar-refractivity contribution in [2.24, 2.45) is 0 Å². The maximum absolute atomic E-state index is 13.1. The normalized spacial score (nSPS) is 14.0. The average molecular weight is 431 g/mol. The van der Waals surface area contributed by atoms with Crippen LogP contribution in [0.15, 0.2) is 67.0 Å². The lowest BCUT2D eigenvalue weighted by atomic mass is 10.1. The minimum atomic E-state index is -0.321. The summed E-state index contributed by atoms with van der Waals surface area (Å²) in [6.45, 7) is 2.49. The summed E-state index contributed by atoms with van der Waals surface area (Å²) >= 11 is 0. The summed E-state index contributed by atoms with van der Waals surface area (Å²) in [4.78, 5) is 28.8. The number of nitrogens with one attached hydrogen (secondary N) is 1. The van der Waals surface area contributed by atoms with Crippen LogP contribution in [-0.2, 0) is 11.2 Å². The molecule has 0 bridgehead atoms. The second-order valence-corrected chi connectivity index (χ2v) is 7.65. The van der Waals surface area contributed by atoms with E-state index in [4.69, 9.17) is 4.74 Å². The molecule has 8 heteroatoms. The first-order valence-corrected chi connectivity index (χ1v) is 10.5. The zero-order valence-electron chi connectivity index (χ0n) is 17.4. The third-order valence-corrected chi connectivity index (χ3v) is 5.59. The molecule has 162 valence electrons. The number of hydrogen-bond acceptors (Lipinski definition) is 5. The summed E-state index contributed by atoms with van der Waals surface area (Å²) in [5, 5.41) is 1.09. The number of aromatic amines is 1. The second kappa shape index (κ2) is 8.66. The Bertz CT molecular complexity index is 1230. The van der Waals surface area contributed by atoms with E-state index < -0.39 is 0 Å². The molecule has 32 heavy (non-hydrogen) atoms. The Morgan fingerprint density at radius 2 is 1.81 bits per heavy atom. The summed E-state index contributed by atoms with van der Waals surface area (Å²) in [6, 6.07) is 15.4. The van der Waals surface area contributed by atoms with Crippen LogP contribution in [0.5, 0.6) is 11.6 Å². The van der Waals surface area contributed by atoms with Crippen LogP contribution in [0.2, 0.25) is 0 Å². The molecule has 4 aromatic rings. The number of benzene rings is 2. The van der Waals surface area contributed by atoms with E-state index in [1.807, 2.05) is 40.3 Å². The molecule has 2 aromatic heterocycles. The lowest BCUT2D eigenvalue weighted by Gasteiger charge is -2.34. The fraction of sp³-hybridized carbons (Fsp3) is 0.208. The molecule has 0 unspecified atom stereocenters. The van der Waals surface area contributed by atoms with Gasteiger partial charge in [0.1, 0.15) is 11.6 Å². The number of rotatable bonds is 5. The van der Waals surface area contributed by atoms with Gasteiger partial charge in [-0.15, -0.1) is 0 Å². The number of anilines is 1. The summed E-state index contributed by atoms with van der Waals surface area (Å²) in [5.74, 6) is 1.23. The number of halogens is 1. The predicted octanol–water partition coefficient (Wildman–Crippen LogP) is 3.78. The van der Waals surface area contributed by atoms with Crippen LogP contribution in [0.4, 0.5) is 10.3 Å². The fourth-order valence-corrected chi connectivity index (χ4v) is 3.87. The number of ether oxygens (including phenoxy) is 1. The molecule has 1 amide bonds. The van der Waals surface area contributed by atoms with E-state index in [0.29, 0.717) is 50.2 Å². The van der Waals surface area contributed by atoms with Crippen molar-refractivity contribution in [3.05, 3.63) is 78.4 Å². The molecule has 1 saturated heterocycles. The van der Waals surface area contributed by atoms with Gasteiger partial charge in [-0.3, -0.25) is 4.79 Å². The van der Waals surface area contributed by atoms with Crippen LogP contribution in [-0.4, -0.2) is 51.9 Å². The SMILES string of the molecule is O=C(Cc1c[nH]c2ccccc12)N1CCN(c2nccc(Oc3ccc(F)cc3)n2)CC1. The summed E-state index contributed by atoms with van der Waals surface area (Å²) in [7, 11) is 0. The zero-order chi connectivity index (χ0) is 21.9. The van der Waals surface area contributed by atoms with Gasteiger partial charge in [-0.05, 0) is 35.9 Å². The molecule has 0 radical (unpaired) electrons. The van der Waals surface area contributed by atoms with Crippen molar-refractivity contribution >= 4 is 22.8 Å². The molecule has 2 aromatic carbocycles. The van der Waals surface area contributed by atoms with Gasteiger partial charge in [-0.1, -0.05) is 18.2 Å². The molecule has 5 rings (SSSR count). The molecule has 0 saturated carbocycles. The highest BCUT2D eigenvalue weighted by atomic mass is 19.1. The monoisotopic (exact) mass is 431 g/mol. The first-order valence-electron chi connectivity index (χ1n) is 10.5. The number of carbonyl (C=O) groups is 1. The predicted molar refractivity (Wildman–Crippen MR) is 119 cm³/mol. The molecule has 1 N–H and O–H groups in total. The van der Waals surface area contributed by atoms with Crippen molar-refractivity contribution in [2.45, 2.75) is 6.42 Å². The Hall–Kier alpha value is -3.94. The first kappa shape index (κ1) is 20.0. The molecule has 3 heterocycles. The highest BCUT2D eigenvalue weighted by Crippen LogP contribution is 2.22. The molecule has 0 atom stereocenters. The van der Waals surface area contributed by atoms with E-state index in [2.05, 4.69) is 15.0 Å². The van der Waals surface area contributed by atoms with Crippen LogP contribution in [0.25, 0.3) is 10.9 Å². The van der Waals surface area contributed by atoms with E-state index >= 15 is 0 Å². The molecular weight excluding hydrogens is 409 g/mol. The van der Waals surface area contributed by atoms with Gasteiger partial charge in [-0.25, -0.2) is 9.37 Å². The number of piperazine rings is 1. The van der Waals surface area contributed by atoms with Crippen molar-refractivity contribution in [3.63, 3.8) is 0 Å². The molecule has 1 fully saturated rings. The van der Waals surface area contributed by atoms with Crippen LogP contribution in [0, 0.1) is 5.82 Å². The maximum atomic E-state index is 13.1. The van der Waals surface area contributed by atoms with Gasteiger partial charge >= 0.3 is 0 Å². The van der Waals surface area contributed by atoms with Crippen molar-refractivity contribution in [1.82, 2.24) is 19.9 Å². The maximum Gasteiger partial charge on any atom is 0.228 e. The summed E-state index contributed by atoms with van der Waals surface area (Å²) in [6.07, 6.45) is 3.93. The average Bonchev–Trinajstić information content (AvgIpc) is 3.24. The minimum absolute atomic E-state index is 0.115. The topological polar surface area (TPSA) is 74.4 Å². The van der Waals surface area contributed by atoms with Crippen LogP contribution < -0.4 is 9.64 Å². The number of carbonyl (C=O) groups excluding carboxylic acids is 1. The van der Waals surface area contributed by atoms with E-state index in [9.17, 15) is 9.18 Å². The molecule has 7 nitrogen and oxygen atoms in total. The number of H-pyrrole nitrogens is 1. The van der Waals surface area contributed by atoms with E-state index in [0.717, 1.165) is 16.5 Å². The lowest BCUT2D eigenvalue weighted by molar-refractivity contribution is -0.130. The number of amides is 1. The molecule has 1 aliphatic heterocycles. The summed E-state index contributed by atoms with van der Waals surface area (Å²) in [5.41, 5.74) is 2.06. The van der Waals surface area contributed by atoms with E-state index in [1.54, 1.807) is 24.4 Å². The van der Waals surface area contributed by atoms with Gasteiger partial charge in [0.2, 0.25) is 17.7 Å². The largest absolute Gasteiger partial charge is 0.439 e. The van der Waals surface area contributed by atoms with Gasteiger partial charge in [-0.2, -0.15) is 4.98 Å². The van der Waals surface area contributed by atoms with Crippen molar-refractivity contribution in [1.29, 1.82) is 0 Å². The summed E-state index contributed by atoms with van der Waals surface area (Å²) < 4.78 is 18.8. The van der Waals surface area contributed by atoms with E-state index in [-0.39, 0.29) is 11.7 Å². The Morgan fingerprint density at radius 1 is 1.03 bits per heavy atom. The Kier molecular flexibility index (Phi) is 5.41. The molecule has 1 aliphatic rings. The van der Waals surface area contributed by atoms with Crippen LogP contribution >= 0.6 is 0 Å². The number of para-hydroxylation sites is 1. The molecule has 0 aliphatic carbocycles. The highest BCUT2D eigenvalue weighted by Gasteiger charge is 2.23. The van der Waals surface area contributed by atoms with Gasteiger partial charge < -0.3 is 19.5 Å². The van der Waals surface area contributed by atoms with Crippen molar-refractivity contribution in [2.75, 3.05) is 31.1 Å². The number of aromatic nitrogens is 3. The highest BCUT2D eigenvalue weighted by molar-refractivity contribution is 5.89. The van der Waals surface area contributed by atoms with Crippen molar-refractivity contribution < 1.29 is 13.9 Å². The Morgan fingerprint density at radius 3 is 2.62 bits per heavy atom. The third kappa shape index (κ3) is 4.25. The van der Waals surface area contributed by atoms with Gasteiger partial charge in [0.05, 0.1) is 6.42 Å². The van der Waals surface area contributed by atoms with Gasteiger partial charge in [0.25, 0.3) is 0 Å². The Labute approximate surface area is 184 Å². The zero-order valence-corrected chi connectivity index (χ0v) is 17.4. The van der Waals surface area contributed by atoms with Crippen molar-refractivity contribution in [3.8, 4) is 11.6 Å². The number of nitrogens with zero attached hydrogens (tertiary/aromatic N) is 4. The molecule has 0 spiro atoms. The number of fused-ring (bicyclic) bond motifs is 1. The third-order valence-electron chi connectivity index (χ3n) is 5.59. The molecular formula is C24H22FN5O2. The first-order chi connectivity index (χ1) is 15.7. The van der Waals surface area contributed by atoms with Crippen LogP contribution in [0.1, 0.15) is 5.56 Å². The smallest absolute Gasteiger partial charge is 0.228 e. The second-order valence-electron chi connectivity index (χ2n) is 7.65. The lowest BCUT2D eigenvalue weighted by Crippen LogP contribution is -2.49. The quantitative estimate of drug-likeness (QED) is 0.521. The van der Waals surface area contributed by atoms with Gasteiger partial charge in [0, 0.05) is 55.5 Å². The van der Waals surface area contributed by atoms with E-state index in [1.165, 1.54) is 12.1 Å². The fourth-order valence-electron chi connectivity index (χ4n) is 3.87. The minimum Gasteiger partial charge on any atom is -0.439 e. The van der Waals surface area contributed by atoms with Gasteiger partial charge in [0.15, 0.2) is 0 Å². The Balaban J connectivity index is 1.20. The standard InChI is InChI=1S/C24H22FN5O2/c25-18-5-7-19(8-6-18)32-22-9-10-26-24(28-22)30-13-11-29(12-14-30)23(31)15-17-16-27-21-4-2-1-3-20(17)21/h1-10,16,27H,11-15H2.